The van der Waals surface area contributed by atoms with E-state index in [2.05, 4.69) is 165 Å². The van der Waals surface area contributed by atoms with E-state index in [0.29, 0.717) is 17.5 Å². The van der Waals surface area contributed by atoms with Crippen LogP contribution in [0.2, 0.25) is 0 Å². The summed E-state index contributed by atoms with van der Waals surface area (Å²) in [5.41, 5.74) is 10.4. The highest BCUT2D eigenvalue weighted by Gasteiger charge is 2.41. The van der Waals surface area contributed by atoms with Crippen LogP contribution in [-0.4, -0.2) is 21.1 Å². The Morgan fingerprint density at radius 3 is 2.07 bits per heavy atom. The summed E-state index contributed by atoms with van der Waals surface area (Å²) in [5, 5.41) is 6.78. The van der Waals surface area contributed by atoms with Crippen LogP contribution in [0, 0.1) is 11.8 Å². The topological polar surface area (TPSA) is 61.0 Å². The minimum Gasteiger partial charge on any atom is -0.489 e. The van der Waals surface area contributed by atoms with Crippen LogP contribution in [0.25, 0.3) is 94.1 Å². The van der Waals surface area contributed by atoms with E-state index < -0.39 is 0 Å². The molecule has 3 unspecified atom stereocenters. The fourth-order valence-corrected chi connectivity index (χ4v) is 9.56. The molecular formula is C54H37N3O2. The molecule has 0 N–H and O–H groups in total. The van der Waals surface area contributed by atoms with Gasteiger partial charge in [0.25, 0.3) is 0 Å². The van der Waals surface area contributed by atoms with Crippen molar-refractivity contribution in [3.05, 3.63) is 193 Å². The van der Waals surface area contributed by atoms with Gasteiger partial charge >= 0.3 is 0 Å². The molecule has 1 aliphatic heterocycles. The lowest BCUT2D eigenvalue weighted by Gasteiger charge is -2.22. The zero-order chi connectivity index (χ0) is 39.0. The normalized spacial score (nSPS) is 18.4. The maximum Gasteiger partial charge on any atom is 0.164 e. The molecular weight excluding hydrogens is 723 g/mol. The van der Waals surface area contributed by atoms with E-state index in [9.17, 15) is 0 Å². The van der Waals surface area contributed by atoms with E-state index >= 15 is 0 Å². The highest BCUT2D eigenvalue weighted by molar-refractivity contribution is 6.19. The Balaban J connectivity index is 1.04. The Kier molecular flexibility index (Phi) is 7.64. The molecule has 12 rings (SSSR count). The number of furan rings is 1. The molecule has 3 atom stereocenters. The van der Waals surface area contributed by atoms with Gasteiger partial charge < -0.3 is 9.15 Å². The van der Waals surface area contributed by atoms with Gasteiger partial charge in [-0.05, 0) is 62.9 Å². The van der Waals surface area contributed by atoms with Crippen LogP contribution >= 0.6 is 0 Å². The summed E-state index contributed by atoms with van der Waals surface area (Å²) in [6, 6.07) is 51.1. The Hall–Kier alpha value is -7.37. The van der Waals surface area contributed by atoms with Gasteiger partial charge in [-0.15, -0.1) is 0 Å². The molecule has 2 aliphatic carbocycles. The summed E-state index contributed by atoms with van der Waals surface area (Å²) < 4.78 is 13.4. The highest BCUT2D eigenvalue weighted by Crippen LogP contribution is 2.49. The van der Waals surface area contributed by atoms with Crippen molar-refractivity contribution in [2.45, 2.75) is 19.4 Å². The van der Waals surface area contributed by atoms with Crippen LogP contribution in [-0.2, 0) is 4.74 Å². The summed E-state index contributed by atoms with van der Waals surface area (Å²) >= 11 is 0. The number of allylic oxidation sites excluding steroid dienone is 5. The van der Waals surface area contributed by atoms with Gasteiger partial charge in [-0.1, -0.05) is 165 Å². The van der Waals surface area contributed by atoms with Crippen molar-refractivity contribution in [3.8, 4) is 45.0 Å². The number of para-hydroxylation sites is 1. The standard InChI is InChI=1S/C54H37N3O2/c1-32-28-29-45(49-43-21-9-10-26-46(43)58-50(32)49)54-56-52(34-15-3-2-4-16-34)55-53(57-54)42-31-30-39(37-19-7-8-20-38(37)42)40-23-13-27-47-48(40)44-25-12-24-41(51(44)59-47)36-22-11-17-33-14-5-6-18-35(33)36/h2-27,29-32,43,46H,28H2,1H3. The second-order valence-electron chi connectivity index (χ2n) is 15.8. The van der Waals surface area contributed by atoms with Crippen LogP contribution in [0.1, 0.15) is 19.2 Å². The lowest BCUT2D eigenvalue weighted by molar-refractivity contribution is 0.142. The Morgan fingerprint density at radius 1 is 0.525 bits per heavy atom. The third-order valence-electron chi connectivity index (χ3n) is 12.3. The molecule has 0 bridgehead atoms. The molecule has 280 valence electrons. The molecule has 0 spiro atoms. The molecule has 9 aromatic rings. The average molecular weight is 760 g/mol. The summed E-state index contributed by atoms with van der Waals surface area (Å²) in [5.74, 6) is 3.41. The van der Waals surface area contributed by atoms with Crippen molar-refractivity contribution in [2.75, 3.05) is 0 Å². The van der Waals surface area contributed by atoms with Crippen LogP contribution in [0.5, 0.6) is 0 Å². The first-order valence-corrected chi connectivity index (χ1v) is 20.4. The van der Waals surface area contributed by atoms with E-state index in [1.54, 1.807) is 0 Å². The fraction of sp³-hybridized carbons (Fsp3) is 0.0926. The van der Waals surface area contributed by atoms with Crippen molar-refractivity contribution in [1.29, 1.82) is 0 Å². The number of hydrogen-bond donors (Lipinski definition) is 0. The maximum atomic E-state index is 6.80. The van der Waals surface area contributed by atoms with E-state index in [1.165, 1.54) is 16.3 Å². The molecule has 0 saturated carbocycles. The molecule has 3 aliphatic rings. The number of benzene rings is 7. The summed E-state index contributed by atoms with van der Waals surface area (Å²) in [4.78, 5) is 15.7. The summed E-state index contributed by atoms with van der Waals surface area (Å²) in [6.45, 7) is 2.24. The molecule has 59 heavy (non-hydrogen) atoms. The van der Waals surface area contributed by atoms with Gasteiger partial charge in [-0.25, -0.2) is 15.0 Å². The van der Waals surface area contributed by atoms with Crippen LogP contribution in [0.15, 0.2) is 192 Å². The molecule has 5 nitrogen and oxygen atoms in total. The largest absolute Gasteiger partial charge is 0.489 e. The summed E-state index contributed by atoms with van der Waals surface area (Å²) in [6.07, 6.45) is 11.8. The molecule has 2 aromatic heterocycles. The van der Waals surface area contributed by atoms with Gasteiger partial charge in [0.05, 0.1) is 0 Å². The number of fused-ring (bicyclic) bond motifs is 7. The number of nitrogens with zero attached hydrogens (tertiary/aromatic N) is 3. The first-order chi connectivity index (χ1) is 29.2. The van der Waals surface area contributed by atoms with Crippen LogP contribution in [0.3, 0.4) is 0 Å². The number of rotatable bonds is 5. The smallest absolute Gasteiger partial charge is 0.164 e. The van der Waals surface area contributed by atoms with Crippen molar-refractivity contribution < 1.29 is 9.15 Å². The first kappa shape index (κ1) is 33.7. The van der Waals surface area contributed by atoms with Crippen LogP contribution in [0.4, 0.5) is 0 Å². The Bertz CT molecular complexity index is 3310. The van der Waals surface area contributed by atoms with Gasteiger partial charge in [-0.3, -0.25) is 0 Å². The average Bonchev–Trinajstić information content (AvgIpc) is 3.89. The number of ether oxygens (including phenoxy) is 1. The second-order valence-corrected chi connectivity index (χ2v) is 15.8. The summed E-state index contributed by atoms with van der Waals surface area (Å²) in [7, 11) is 0. The van der Waals surface area contributed by atoms with E-state index in [1.807, 2.05) is 18.2 Å². The zero-order valence-corrected chi connectivity index (χ0v) is 32.3. The van der Waals surface area contributed by atoms with Crippen molar-refractivity contribution in [3.63, 3.8) is 0 Å². The predicted octanol–water partition coefficient (Wildman–Crippen LogP) is 13.6. The van der Waals surface area contributed by atoms with Crippen LogP contribution < -0.4 is 0 Å². The predicted molar refractivity (Wildman–Crippen MR) is 239 cm³/mol. The van der Waals surface area contributed by atoms with E-state index in [4.69, 9.17) is 24.1 Å². The molecule has 0 fully saturated rings. The van der Waals surface area contributed by atoms with Crippen molar-refractivity contribution >= 4 is 49.1 Å². The SMILES string of the molecule is CC1CC=C(c2nc(-c3ccccc3)nc(-c3ccc(-c4cccc5oc6c(-c7cccc8ccccc78)cccc6c45)c4ccccc34)n2)C2=C1OC1C=CC=CC21. The fourth-order valence-electron chi connectivity index (χ4n) is 9.56. The molecule has 0 radical (unpaired) electrons. The zero-order valence-electron chi connectivity index (χ0n) is 32.3. The third-order valence-corrected chi connectivity index (χ3v) is 12.3. The minimum atomic E-state index is -0.0121. The Morgan fingerprint density at radius 2 is 1.17 bits per heavy atom. The third kappa shape index (κ3) is 5.35. The van der Waals surface area contributed by atoms with E-state index in [-0.39, 0.29) is 17.9 Å². The molecule has 7 aromatic carbocycles. The lowest BCUT2D eigenvalue weighted by atomic mass is 9.81. The Labute approximate surface area is 341 Å². The lowest BCUT2D eigenvalue weighted by Crippen LogP contribution is -2.17. The van der Waals surface area contributed by atoms with Crippen molar-refractivity contribution in [1.82, 2.24) is 15.0 Å². The molecule has 3 heterocycles. The number of aromatic nitrogens is 3. The van der Waals surface area contributed by atoms with Gasteiger partial charge in [0.2, 0.25) is 0 Å². The molecule has 0 amide bonds. The van der Waals surface area contributed by atoms with Gasteiger partial charge in [0.15, 0.2) is 17.5 Å². The second kappa shape index (κ2) is 13.4. The quantitative estimate of drug-likeness (QED) is 0.175. The van der Waals surface area contributed by atoms with Crippen molar-refractivity contribution in [2.24, 2.45) is 11.8 Å². The molecule has 0 saturated heterocycles. The number of hydrogen-bond acceptors (Lipinski definition) is 5. The highest BCUT2D eigenvalue weighted by atomic mass is 16.5. The minimum absolute atomic E-state index is 0.0121. The van der Waals surface area contributed by atoms with Gasteiger partial charge in [0.1, 0.15) is 23.0 Å². The monoisotopic (exact) mass is 759 g/mol. The van der Waals surface area contributed by atoms with E-state index in [0.717, 1.165) is 83.8 Å². The molecule has 5 heteroatoms. The van der Waals surface area contributed by atoms with Gasteiger partial charge in [0, 0.05) is 50.4 Å². The first-order valence-electron chi connectivity index (χ1n) is 20.4. The maximum absolute atomic E-state index is 6.80. The van der Waals surface area contributed by atoms with Gasteiger partial charge in [-0.2, -0.15) is 0 Å².